The van der Waals surface area contributed by atoms with Gasteiger partial charge in [-0.05, 0) is 104 Å². The average molecular weight is 499 g/mol. The van der Waals surface area contributed by atoms with Crippen LogP contribution >= 0.6 is 0 Å². The van der Waals surface area contributed by atoms with Crippen molar-refractivity contribution < 1.29 is 19.4 Å². The first kappa shape index (κ1) is 26.3. The summed E-state index contributed by atoms with van der Waals surface area (Å²) in [6.07, 6.45) is 12.6. The Morgan fingerprint density at radius 2 is 1.56 bits per heavy atom. The van der Waals surface area contributed by atoms with Crippen molar-refractivity contribution in [2.75, 3.05) is 0 Å². The quantitative estimate of drug-likeness (QED) is 0.311. The van der Waals surface area contributed by atoms with Crippen LogP contribution < -0.4 is 0 Å². The van der Waals surface area contributed by atoms with Crippen molar-refractivity contribution in [3.8, 4) is 0 Å². The zero-order chi connectivity index (χ0) is 26.5. The normalized spacial score (nSPS) is 48.8. The van der Waals surface area contributed by atoms with Crippen molar-refractivity contribution >= 4 is 11.9 Å². The van der Waals surface area contributed by atoms with Gasteiger partial charge in [-0.2, -0.15) is 0 Å². The minimum absolute atomic E-state index is 0.00181. The number of carbonyl (C=O) groups is 2. The van der Waals surface area contributed by atoms with Crippen LogP contribution in [0, 0.1) is 50.2 Å². The van der Waals surface area contributed by atoms with E-state index in [1.165, 1.54) is 12.0 Å². The van der Waals surface area contributed by atoms with Crippen LogP contribution in [0.15, 0.2) is 11.6 Å². The van der Waals surface area contributed by atoms with Crippen LogP contribution in [0.25, 0.3) is 0 Å². The molecule has 0 spiro atoms. The number of esters is 1. The van der Waals surface area contributed by atoms with Crippen molar-refractivity contribution in [3.05, 3.63) is 11.6 Å². The summed E-state index contributed by atoms with van der Waals surface area (Å²) in [5.41, 5.74) is 1.50. The molecule has 36 heavy (non-hydrogen) atoms. The number of hydrogen-bond donors (Lipinski definition) is 1. The molecule has 5 rings (SSSR count). The Labute approximate surface area is 219 Å². The molecule has 3 unspecified atom stereocenters. The van der Waals surface area contributed by atoms with Gasteiger partial charge in [0, 0.05) is 12.3 Å². The van der Waals surface area contributed by atoms with Crippen molar-refractivity contribution in [1.29, 1.82) is 0 Å². The van der Waals surface area contributed by atoms with Crippen LogP contribution in [0.5, 0.6) is 0 Å². The number of ether oxygens (including phenoxy) is 1. The highest BCUT2D eigenvalue weighted by Crippen LogP contribution is 2.75. The van der Waals surface area contributed by atoms with Crippen molar-refractivity contribution in [3.63, 3.8) is 0 Å². The van der Waals surface area contributed by atoms with Gasteiger partial charge in [-0.3, -0.25) is 9.59 Å². The fraction of sp³-hybridized carbons (Fsp3) is 0.875. The highest BCUT2D eigenvalue weighted by atomic mass is 16.5. The van der Waals surface area contributed by atoms with Crippen molar-refractivity contribution in [2.45, 2.75) is 126 Å². The van der Waals surface area contributed by atoms with Gasteiger partial charge < -0.3 is 9.84 Å². The summed E-state index contributed by atoms with van der Waals surface area (Å²) in [6, 6.07) is 0. The van der Waals surface area contributed by atoms with E-state index in [9.17, 15) is 14.7 Å². The number of hydrogen-bond acceptors (Lipinski definition) is 3. The summed E-state index contributed by atoms with van der Waals surface area (Å²) in [7, 11) is 0. The fourth-order valence-corrected chi connectivity index (χ4v) is 11.0. The molecule has 0 aromatic heterocycles. The van der Waals surface area contributed by atoms with E-state index < -0.39 is 11.4 Å². The topological polar surface area (TPSA) is 63.6 Å². The number of fused-ring (bicyclic) bond motifs is 7. The summed E-state index contributed by atoms with van der Waals surface area (Å²) in [5.74, 6) is 0.546. The molecule has 0 radical (unpaired) electrons. The van der Waals surface area contributed by atoms with Crippen molar-refractivity contribution in [1.82, 2.24) is 0 Å². The SMILES string of the molecule is CC(=O)O[C@H]1CC[C@@]2(C)C(CCC3(C)C2CC=C2[C@@H]4CC(C)(C)CC[C@]4(C(=O)O)CC[C@]23C)C1(C)C. The Morgan fingerprint density at radius 1 is 0.889 bits per heavy atom. The zero-order valence-electron chi connectivity index (χ0n) is 24.1. The fourth-order valence-electron chi connectivity index (χ4n) is 11.0. The number of carbonyl (C=O) groups excluding carboxylic acids is 1. The number of aliphatic carboxylic acids is 1. The number of allylic oxidation sites excluding steroid dienone is 2. The molecule has 0 heterocycles. The van der Waals surface area contributed by atoms with Gasteiger partial charge in [0.15, 0.2) is 0 Å². The van der Waals surface area contributed by atoms with E-state index in [2.05, 4.69) is 54.5 Å². The molecule has 1 N–H and O–H groups in total. The molecule has 4 nitrogen and oxygen atoms in total. The Bertz CT molecular complexity index is 992. The first-order chi connectivity index (χ1) is 16.5. The largest absolute Gasteiger partial charge is 0.481 e. The number of carboxylic acid groups (broad SMARTS) is 1. The number of carboxylic acids is 1. The van der Waals surface area contributed by atoms with Crippen LogP contribution in [0.2, 0.25) is 0 Å². The van der Waals surface area contributed by atoms with E-state index in [4.69, 9.17) is 4.74 Å². The monoisotopic (exact) mass is 498 g/mol. The molecule has 5 aliphatic rings. The molecule has 4 saturated carbocycles. The highest BCUT2D eigenvalue weighted by Gasteiger charge is 2.69. The lowest BCUT2D eigenvalue weighted by atomic mass is 9.33. The Kier molecular flexibility index (Phi) is 5.74. The Balaban J connectivity index is 1.55. The van der Waals surface area contributed by atoms with E-state index >= 15 is 0 Å². The van der Waals surface area contributed by atoms with Crippen LogP contribution in [0.4, 0.5) is 0 Å². The second kappa shape index (κ2) is 7.85. The lowest BCUT2D eigenvalue weighted by Crippen LogP contribution is -2.65. The molecule has 202 valence electrons. The molecule has 0 aromatic rings. The van der Waals surface area contributed by atoms with Gasteiger partial charge in [0.1, 0.15) is 6.10 Å². The maximum Gasteiger partial charge on any atom is 0.310 e. The van der Waals surface area contributed by atoms with Gasteiger partial charge in [0.2, 0.25) is 0 Å². The van der Waals surface area contributed by atoms with Crippen LogP contribution in [-0.4, -0.2) is 23.1 Å². The number of rotatable bonds is 2. The molecular weight excluding hydrogens is 448 g/mol. The van der Waals surface area contributed by atoms with E-state index in [0.717, 1.165) is 57.8 Å². The van der Waals surface area contributed by atoms with Crippen LogP contribution in [-0.2, 0) is 14.3 Å². The predicted molar refractivity (Wildman–Crippen MR) is 142 cm³/mol. The van der Waals surface area contributed by atoms with E-state index in [0.29, 0.717) is 11.8 Å². The Morgan fingerprint density at radius 3 is 2.19 bits per heavy atom. The third-order valence-electron chi connectivity index (χ3n) is 13.3. The average Bonchev–Trinajstić information content (AvgIpc) is 2.75. The van der Waals surface area contributed by atoms with Gasteiger partial charge >= 0.3 is 11.9 Å². The predicted octanol–water partition coefficient (Wildman–Crippen LogP) is 7.80. The van der Waals surface area contributed by atoms with Crippen LogP contribution in [0.1, 0.15) is 120 Å². The summed E-state index contributed by atoms with van der Waals surface area (Å²) in [5, 5.41) is 10.5. The second-order valence-electron chi connectivity index (χ2n) is 15.6. The molecule has 5 aliphatic carbocycles. The molecule has 4 heteroatoms. The van der Waals surface area contributed by atoms with Gasteiger partial charge in [0.25, 0.3) is 0 Å². The maximum absolute atomic E-state index is 12.8. The zero-order valence-corrected chi connectivity index (χ0v) is 24.1. The molecule has 0 aromatic carbocycles. The first-order valence-electron chi connectivity index (χ1n) is 14.6. The van der Waals surface area contributed by atoms with Gasteiger partial charge in [-0.15, -0.1) is 0 Å². The standard InChI is InChI=1S/C32H50O4/c1-20(33)36-25-12-13-29(6)23(28(25,4)5)11-14-31(8)24(29)10-9-21-22-19-27(2,3)15-17-32(22,26(34)35)18-16-30(21,31)7/h9,22-25H,10-19H2,1-8H3,(H,34,35)/t22-,23?,24?,25-,29-,30+,31?,32-/m0/s1. The van der Waals surface area contributed by atoms with Gasteiger partial charge in [-0.1, -0.05) is 60.1 Å². The van der Waals surface area contributed by atoms with Crippen LogP contribution in [0.3, 0.4) is 0 Å². The lowest BCUT2D eigenvalue weighted by molar-refractivity contribution is -0.213. The highest BCUT2D eigenvalue weighted by molar-refractivity contribution is 5.76. The molecule has 4 fully saturated rings. The smallest absolute Gasteiger partial charge is 0.310 e. The van der Waals surface area contributed by atoms with Gasteiger partial charge in [-0.25, -0.2) is 0 Å². The molecular formula is C32H50O4. The summed E-state index contributed by atoms with van der Waals surface area (Å²) < 4.78 is 5.87. The molecule has 0 bridgehead atoms. The molecule has 0 aliphatic heterocycles. The van der Waals surface area contributed by atoms with E-state index in [-0.39, 0.29) is 45.1 Å². The first-order valence-corrected chi connectivity index (χ1v) is 14.6. The lowest BCUT2D eigenvalue weighted by Gasteiger charge is -2.71. The third-order valence-corrected chi connectivity index (χ3v) is 13.3. The molecule has 0 saturated heterocycles. The minimum atomic E-state index is -0.574. The Hall–Kier alpha value is -1.32. The van der Waals surface area contributed by atoms with Crippen molar-refractivity contribution in [2.24, 2.45) is 50.2 Å². The third kappa shape index (κ3) is 3.30. The summed E-state index contributed by atoms with van der Waals surface area (Å²) in [6.45, 7) is 18.5. The minimum Gasteiger partial charge on any atom is -0.481 e. The van der Waals surface area contributed by atoms with E-state index in [1.54, 1.807) is 6.92 Å². The van der Waals surface area contributed by atoms with E-state index in [1.807, 2.05) is 0 Å². The molecule has 0 amide bonds. The molecule has 8 atom stereocenters. The summed E-state index contributed by atoms with van der Waals surface area (Å²) in [4.78, 5) is 24.7. The second-order valence-corrected chi connectivity index (χ2v) is 15.6. The maximum atomic E-state index is 12.8. The van der Waals surface area contributed by atoms with Gasteiger partial charge in [0.05, 0.1) is 5.41 Å². The summed E-state index contributed by atoms with van der Waals surface area (Å²) >= 11 is 0.